The Hall–Kier alpha value is -0.570. The molecule has 0 unspecified atom stereocenters. The molecule has 1 heterocycles. The highest BCUT2D eigenvalue weighted by Gasteiger charge is 1.92. The molecule has 54 valence electrons. The summed E-state index contributed by atoms with van der Waals surface area (Å²) < 4.78 is 4.97. The van der Waals surface area contributed by atoms with Crippen molar-refractivity contribution in [2.45, 2.75) is 5.33 Å². The second-order valence-corrected chi connectivity index (χ2v) is 2.43. The van der Waals surface area contributed by atoms with Gasteiger partial charge in [0.25, 0.3) is 0 Å². The van der Waals surface area contributed by atoms with Gasteiger partial charge in [-0.3, -0.25) is 4.98 Å². The van der Waals surface area contributed by atoms with Crippen LogP contribution in [-0.2, 0) is 5.33 Å². The number of ether oxygens (including phenoxy) is 1. The number of methoxy groups -OCH3 is 1. The minimum absolute atomic E-state index is 0.803. The van der Waals surface area contributed by atoms with Gasteiger partial charge in [0.05, 0.1) is 13.3 Å². The maximum Gasteiger partial charge on any atom is 0.137 e. The molecule has 0 aromatic carbocycles. The number of pyridine rings is 1. The van der Waals surface area contributed by atoms with Crippen LogP contribution < -0.4 is 4.74 Å². The fraction of sp³-hybridized carbons (Fsp3) is 0.286. The summed E-state index contributed by atoms with van der Waals surface area (Å²) in [5.41, 5.74) is 1.12. The van der Waals surface area contributed by atoms with Crippen molar-refractivity contribution in [1.29, 1.82) is 0 Å². The summed E-state index contributed by atoms with van der Waals surface area (Å²) in [6.07, 6.45) is 3.49. The standard InChI is InChI=1S/C7H8BrNO/c1-10-7-2-6(3-8)4-9-5-7/h2,4-5H,3H2,1H3. The van der Waals surface area contributed by atoms with E-state index < -0.39 is 0 Å². The Labute approximate surface area is 68.4 Å². The molecule has 10 heavy (non-hydrogen) atoms. The van der Waals surface area contributed by atoms with E-state index in [1.165, 1.54) is 0 Å². The maximum absolute atomic E-state index is 4.97. The molecule has 2 nitrogen and oxygen atoms in total. The van der Waals surface area contributed by atoms with E-state index in [4.69, 9.17) is 4.74 Å². The quantitative estimate of drug-likeness (QED) is 0.684. The summed E-state index contributed by atoms with van der Waals surface area (Å²) in [5, 5.41) is 0.817. The Morgan fingerprint density at radius 3 is 3.00 bits per heavy atom. The van der Waals surface area contributed by atoms with Crippen LogP contribution in [0.2, 0.25) is 0 Å². The van der Waals surface area contributed by atoms with Crippen molar-refractivity contribution >= 4 is 15.9 Å². The predicted molar refractivity (Wildman–Crippen MR) is 43.4 cm³/mol. The molecule has 0 aliphatic carbocycles. The normalized spacial score (nSPS) is 9.40. The number of halogens is 1. The van der Waals surface area contributed by atoms with Gasteiger partial charge in [-0.15, -0.1) is 0 Å². The predicted octanol–water partition coefficient (Wildman–Crippen LogP) is 1.99. The maximum atomic E-state index is 4.97. The van der Waals surface area contributed by atoms with Crippen LogP contribution in [0.15, 0.2) is 18.5 Å². The van der Waals surface area contributed by atoms with Gasteiger partial charge in [-0.2, -0.15) is 0 Å². The Morgan fingerprint density at radius 2 is 2.40 bits per heavy atom. The van der Waals surface area contributed by atoms with Crippen molar-refractivity contribution in [1.82, 2.24) is 4.98 Å². The smallest absolute Gasteiger partial charge is 0.137 e. The highest BCUT2D eigenvalue weighted by molar-refractivity contribution is 9.08. The third-order valence-corrected chi connectivity index (χ3v) is 1.81. The SMILES string of the molecule is COc1cncc(CBr)c1. The molecule has 0 aliphatic rings. The molecule has 0 saturated carbocycles. The first-order valence-electron chi connectivity index (χ1n) is 2.90. The summed E-state index contributed by atoms with van der Waals surface area (Å²) in [6.45, 7) is 0. The molecular weight excluding hydrogens is 194 g/mol. The first-order chi connectivity index (χ1) is 4.86. The van der Waals surface area contributed by atoms with E-state index in [0.717, 1.165) is 16.6 Å². The molecule has 1 rings (SSSR count). The van der Waals surface area contributed by atoms with Crippen molar-refractivity contribution in [2.24, 2.45) is 0 Å². The van der Waals surface area contributed by atoms with Crippen LogP contribution in [0.25, 0.3) is 0 Å². The third kappa shape index (κ3) is 1.70. The lowest BCUT2D eigenvalue weighted by molar-refractivity contribution is 0.412. The minimum atomic E-state index is 0.803. The van der Waals surface area contributed by atoms with Crippen molar-refractivity contribution < 1.29 is 4.74 Å². The molecule has 0 atom stereocenters. The van der Waals surface area contributed by atoms with Crippen LogP contribution in [0, 0.1) is 0 Å². The van der Waals surface area contributed by atoms with E-state index in [-0.39, 0.29) is 0 Å². The number of nitrogens with zero attached hydrogens (tertiary/aromatic N) is 1. The first-order valence-corrected chi connectivity index (χ1v) is 4.03. The second kappa shape index (κ2) is 3.56. The van der Waals surface area contributed by atoms with Crippen LogP contribution in [0.1, 0.15) is 5.56 Å². The highest BCUT2D eigenvalue weighted by Crippen LogP contribution is 2.11. The van der Waals surface area contributed by atoms with Crippen LogP contribution >= 0.6 is 15.9 Å². The Bertz CT molecular complexity index is 195. The summed E-state index contributed by atoms with van der Waals surface area (Å²) in [6, 6.07) is 1.95. The molecule has 0 fully saturated rings. The lowest BCUT2D eigenvalue weighted by Crippen LogP contribution is -1.86. The molecule has 1 aromatic rings. The zero-order valence-electron chi connectivity index (χ0n) is 5.67. The molecule has 0 aliphatic heterocycles. The minimum Gasteiger partial charge on any atom is -0.495 e. The molecule has 0 saturated heterocycles. The summed E-state index contributed by atoms with van der Waals surface area (Å²) in [4.78, 5) is 3.97. The van der Waals surface area contributed by atoms with Gasteiger partial charge >= 0.3 is 0 Å². The molecular formula is C7H8BrNO. The monoisotopic (exact) mass is 201 g/mol. The fourth-order valence-electron chi connectivity index (χ4n) is 0.648. The Kier molecular flexibility index (Phi) is 2.68. The van der Waals surface area contributed by atoms with Crippen LogP contribution in [0.4, 0.5) is 0 Å². The molecule has 0 N–H and O–H groups in total. The van der Waals surface area contributed by atoms with Crippen molar-refractivity contribution in [3.05, 3.63) is 24.0 Å². The molecule has 1 aromatic heterocycles. The van der Waals surface area contributed by atoms with E-state index in [1.54, 1.807) is 19.5 Å². The highest BCUT2D eigenvalue weighted by atomic mass is 79.9. The first kappa shape index (κ1) is 7.54. The van der Waals surface area contributed by atoms with Gasteiger partial charge in [0, 0.05) is 11.5 Å². The van der Waals surface area contributed by atoms with Crippen LogP contribution in [0.5, 0.6) is 5.75 Å². The lowest BCUT2D eigenvalue weighted by atomic mass is 10.3. The topological polar surface area (TPSA) is 22.1 Å². The second-order valence-electron chi connectivity index (χ2n) is 1.87. The summed E-state index contributed by atoms with van der Waals surface area (Å²) >= 11 is 3.33. The summed E-state index contributed by atoms with van der Waals surface area (Å²) in [5.74, 6) is 0.803. The van der Waals surface area contributed by atoms with Gasteiger partial charge < -0.3 is 4.74 Å². The summed E-state index contributed by atoms with van der Waals surface area (Å²) in [7, 11) is 1.63. The van der Waals surface area contributed by atoms with E-state index in [9.17, 15) is 0 Å². The average molecular weight is 202 g/mol. The van der Waals surface area contributed by atoms with Gasteiger partial charge in [0.15, 0.2) is 0 Å². The van der Waals surface area contributed by atoms with Gasteiger partial charge in [0.1, 0.15) is 5.75 Å². The van der Waals surface area contributed by atoms with Gasteiger partial charge in [-0.1, -0.05) is 15.9 Å². The van der Waals surface area contributed by atoms with E-state index in [1.807, 2.05) is 6.07 Å². The van der Waals surface area contributed by atoms with Crippen LogP contribution in [-0.4, -0.2) is 12.1 Å². The van der Waals surface area contributed by atoms with Gasteiger partial charge in [-0.25, -0.2) is 0 Å². The zero-order valence-corrected chi connectivity index (χ0v) is 7.26. The fourth-order valence-corrected chi connectivity index (χ4v) is 0.955. The van der Waals surface area contributed by atoms with Crippen LogP contribution in [0.3, 0.4) is 0 Å². The van der Waals surface area contributed by atoms with Gasteiger partial charge in [0.2, 0.25) is 0 Å². The average Bonchev–Trinajstić information content (AvgIpc) is 2.05. The molecule has 0 spiro atoms. The van der Waals surface area contributed by atoms with E-state index in [2.05, 4.69) is 20.9 Å². The number of aromatic nitrogens is 1. The molecule has 0 radical (unpaired) electrons. The number of alkyl halides is 1. The number of hydrogen-bond acceptors (Lipinski definition) is 2. The Morgan fingerprint density at radius 1 is 1.60 bits per heavy atom. The van der Waals surface area contributed by atoms with Gasteiger partial charge in [-0.05, 0) is 11.6 Å². The van der Waals surface area contributed by atoms with E-state index >= 15 is 0 Å². The molecule has 3 heteroatoms. The third-order valence-electron chi connectivity index (χ3n) is 1.16. The molecule has 0 bridgehead atoms. The molecule has 0 amide bonds. The lowest BCUT2D eigenvalue weighted by Gasteiger charge is -1.98. The van der Waals surface area contributed by atoms with Crippen molar-refractivity contribution in [2.75, 3.05) is 7.11 Å². The zero-order chi connectivity index (χ0) is 7.40. The van der Waals surface area contributed by atoms with Crippen molar-refractivity contribution in [3.8, 4) is 5.75 Å². The Balaban J connectivity index is 2.87. The largest absolute Gasteiger partial charge is 0.495 e. The van der Waals surface area contributed by atoms with E-state index in [0.29, 0.717) is 0 Å². The van der Waals surface area contributed by atoms with Crippen molar-refractivity contribution in [3.63, 3.8) is 0 Å². The number of rotatable bonds is 2. The number of hydrogen-bond donors (Lipinski definition) is 0.